The lowest BCUT2D eigenvalue weighted by Crippen LogP contribution is -2.37. The second-order valence-corrected chi connectivity index (χ2v) is 29.1. The number of esters is 2. The molecule has 1 N–H and O–H groups in total. The van der Waals surface area contributed by atoms with Crippen LogP contribution in [-0.2, 0) is 32.7 Å². The van der Waals surface area contributed by atoms with Gasteiger partial charge in [-0.25, -0.2) is 4.57 Å². The Morgan fingerprint density at radius 2 is 0.540 bits per heavy atom. The molecule has 0 saturated carbocycles. The maximum absolute atomic E-state index is 12.9. The quantitative estimate of drug-likeness (QED) is 0.0211. The summed E-state index contributed by atoms with van der Waals surface area (Å²) in [5, 5.41) is 0. The van der Waals surface area contributed by atoms with Crippen LogP contribution >= 0.6 is 7.82 Å². The Balaban J connectivity index is 4.01. The number of unbranched alkanes of at least 4 members (excludes halogenated alkanes) is 29. The number of nitrogens with zero attached hydrogens (tertiary/aromatic N) is 1. The van der Waals surface area contributed by atoms with E-state index in [9.17, 15) is 19.0 Å². The zero-order valence-corrected chi connectivity index (χ0v) is 65.8. The second-order valence-electron chi connectivity index (χ2n) is 27.7. The molecular formula is C90H151NO8P+. The summed E-state index contributed by atoms with van der Waals surface area (Å²) >= 11 is 0. The van der Waals surface area contributed by atoms with Gasteiger partial charge in [0.25, 0.3) is 0 Å². The molecule has 9 nitrogen and oxygen atoms in total. The fraction of sp³-hybridized carbons (Fsp3) is 0.644. The Kier molecular flexibility index (Phi) is 74.4. The number of rotatable bonds is 73. The Labute approximate surface area is 616 Å². The van der Waals surface area contributed by atoms with Crippen molar-refractivity contribution in [2.45, 2.75) is 328 Å². The number of carbonyl (C=O) groups excluding carboxylic acids is 2. The summed E-state index contributed by atoms with van der Waals surface area (Å²) in [6.45, 7) is 4.21. The highest BCUT2D eigenvalue weighted by Crippen LogP contribution is 2.43. The van der Waals surface area contributed by atoms with Crippen LogP contribution in [0.1, 0.15) is 322 Å². The van der Waals surface area contributed by atoms with E-state index in [4.69, 9.17) is 18.5 Å². The van der Waals surface area contributed by atoms with Crippen LogP contribution in [0, 0.1) is 0 Å². The minimum Gasteiger partial charge on any atom is -0.462 e. The third kappa shape index (κ3) is 82.1. The lowest BCUT2D eigenvalue weighted by Gasteiger charge is -2.24. The zero-order valence-electron chi connectivity index (χ0n) is 64.9. The van der Waals surface area contributed by atoms with Crippen LogP contribution in [0.3, 0.4) is 0 Å². The molecule has 0 bridgehead atoms. The molecule has 0 fully saturated rings. The summed E-state index contributed by atoms with van der Waals surface area (Å²) in [4.78, 5) is 36.0. The molecule has 0 aliphatic heterocycles. The third-order valence-corrected chi connectivity index (χ3v) is 17.9. The van der Waals surface area contributed by atoms with Crippen molar-refractivity contribution < 1.29 is 42.1 Å². The van der Waals surface area contributed by atoms with Crippen LogP contribution in [0.25, 0.3) is 0 Å². The summed E-state index contributed by atoms with van der Waals surface area (Å²) < 4.78 is 34.8. The average molecular weight is 1410 g/mol. The SMILES string of the molecule is CC/C=C\C/C=C\C/C=C\C/C=C\C/C=C\C/C=C\C/C=C\C/C=C\CCCCCCCCCCCCCCC(=O)OC(COC(=O)CCCCCCCCCCCCCCCCCCC/C=C\C/C=C\C/C=C\C/C=C\C/C=C\C/C=C\C/C=C\CC)COP(=O)(O)OCC[N+](C)(C)C. The first-order chi connectivity index (χ1) is 49.0. The molecule has 0 heterocycles. The smallest absolute Gasteiger partial charge is 0.462 e. The van der Waals surface area contributed by atoms with Crippen molar-refractivity contribution in [2.24, 2.45) is 0 Å². The fourth-order valence-electron chi connectivity index (χ4n) is 10.8. The molecule has 0 aliphatic rings. The van der Waals surface area contributed by atoms with E-state index >= 15 is 0 Å². The van der Waals surface area contributed by atoms with Crippen molar-refractivity contribution >= 4 is 19.8 Å². The molecule has 0 aliphatic carbocycles. The zero-order chi connectivity index (χ0) is 72.5. The van der Waals surface area contributed by atoms with E-state index < -0.39 is 26.5 Å². The van der Waals surface area contributed by atoms with E-state index in [0.717, 1.165) is 135 Å². The highest BCUT2D eigenvalue weighted by Gasteiger charge is 2.27. The van der Waals surface area contributed by atoms with Crippen molar-refractivity contribution in [3.05, 3.63) is 182 Å². The summed E-state index contributed by atoms with van der Waals surface area (Å²) in [5.41, 5.74) is 0. The largest absolute Gasteiger partial charge is 0.472 e. The number of phosphoric acid groups is 1. The van der Waals surface area contributed by atoms with Crippen molar-refractivity contribution in [3.63, 3.8) is 0 Å². The molecule has 10 heteroatoms. The second kappa shape index (κ2) is 78.3. The monoisotopic (exact) mass is 1410 g/mol. The molecule has 0 aromatic carbocycles. The minimum absolute atomic E-state index is 0.0250. The van der Waals surface area contributed by atoms with Crippen molar-refractivity contribution in [1.29, 1.82) is 0 Å². The van der Waals surface area contributed by atoms with Gasteiger partial charge >= 0.3 is 19.8 Å². The van der Waals surface area contributed by atoms with E-state index in [2.05, 4.69) is 196 Å². The average Bonchev–Trinajstić information content (AvgIpc) is 1.02. The van der Waals surface area contributed by atoms with Crippen molar-refractivity contribution in [1.82, 2.24) is 0 Å². The van der Waals surface area contributed by atoms with Crippen LogP contribution in [-0.4, -0.2) is 74.9 Å². The van der Waals surface area contributed by atoms with Gasteiger partial charge in [-0.05, 0) is 135 Å². The van der Waals surface area contributed by atoms with Crippen LogP contribution in [0.5, 0.6) is 0 Å². The number of ether oxygens (including phenoxy) is 2. The van der Waals surface area contributed by atoms with Crippen molar-refractivity contribution in [3.8, 4) is 0 Å². The summed E-state index contributed by atoms with van der Waals surface area (Å²) in [6.07, 6.45) is 120. The number of carbonyl (C=O) groups is 2. The van der Waals surface area contributed by atoms with Crippen molar-refractivity contribution in [2.75, 3.05) is 47.5 Å². The Bertz CT molecular complexity index is 2350. The highest BCUT2D eigenvalue weighted by molar-refractivity contribution is 7.47. The van der Waals surface area contributed by atoms with Gasteiger partial charge in [0.15, 0.2) is 6.10 Å². The van der Waals surface area contributed by atoms with Gasteiger partial charge in [0.1, 0.15) is 19.8 Å². The van der Waals surface area contributed by atoms with Gasteiger partial charge in [0.05, 0.1) is 27.7 Å². The van der Waals surface area contributed by atoms with E-state index in [1.807, 2.05) is 21.1 Å². The first-order valence-electron chi connectivity index (χ1n) is 40.5. The Morgan fingerprint density at radius 3 is 0.800 bits per heavy atom. The minimum atomic E-state index is -4.41. The lowest BCUT2D eigenvalue weighted by molar-refractivity contribution is -0.870. The van der Waals surface area contributed by atoms with Gasteiger partial charge in [-0.3, -0.25) is 18.6 Å². The first-order valence-corrected chi connectivity index (χ1v) is 42.0. The maximum Gasteiger partial charge on any atom is 0.472 e. The summed E-state index contributed by atoms with van der Waals surface area (Å²) in [7, 11) is 1.47. The molecule has 0 spiro atoms. The Morgan fingerprint density at radius 1 is 0.310 bits per heavy atom. The maximum atomic E-state index is 12.9. The predicted octanol–water partition coefficient (Wildman–Crippen LogP) is 27.4. The molecule has 100 heavy (non-hydrogen) atoms. The molecule has 0 rings (SSSR count). The van der Waals surface area contributed by atoms with Gasteiger partial charge in [0, 0.05) is 12.8 Å². The number of likely N-dealkylation sites (N-methyl/N-ethyl adjacent to an activating group) is 1. The molecule has 568 valence electrons. The van der Waals surface area contributed by atoms with Crippen LogP contribution in [0.15, 0.2) is 182 Å². The number of allylic oxidation sites excluding steroid dienone is 30. The van der Waals surface area contributed by atoms with E-state index in [-0.39, 0.29) is 32.0 Å². The predicted molar refractivity (Wildman–Crippen MR) is 436 cm³/mol. The lowest BCUT2D eigenvalue weighted by atomic mass is 10.0. The molecular weight excluding hydrogens is 1250 g/mol. The molecule has 2 atom stereocenters. The third-order valence-electron chi connectivity index (χ3n) is 16.9. The normalized spacial score (nSPS) is 14.0. The summed E-state index contributed by atoms with van der Waals surface area (Å²) in [5.74, 6) is -0.799. The van der Waals surface area contributed by atoms with E-state index in [1.165, 1.54) is 154 Å². The van der Waals surface area contributed by atoms with Gasteiger partial charge in [0.2, 0.25) is 0 Å². The molecule has 0 amide bonds. The molecule has 0 aromatic heterocycles. The molecule has 0 aromatic rings. The topological polar surface area (TPSA) is 108 Å². The highest BCUT2D eigenvalue weighted by atomic mass is 31.2. The Hall–Kier alpha value is -4.89. The van der Waals surface area contributed by atoms with E-state index in [0.29, 0.717) is 17.4 Å². The number of quaternary nitrogens is 1. The van der Waals surface area contributed by atoms with Gasteiger partial charge in [-0.15, -0.1) is 0 Å². The van der Waals surface area contributed by atoms with Gasteiger partial charge in [-0.1, -0.05) is 357 Å². The fourth-order valence-corrected chi connectivity index (χ4v) is 11.6. The summed E-state index contributed by atoms with van der Waals surface area (Å²) in [6, 6.07) is 0. The van der Waals surface area contributed by atoms with Crippen LogP contribution in [0.2, 0.25) is 0 Å². The van der Waals surface area contributed by atoms with E-state index in [1.54, 1.807) is 0 Å². The number of hydrogen-bond acceptors (Lipinski definition) is 7. The molecule has 0 radical (unpaired) electrons. The molecule has 0 saturated heterocycles. The van der Waals surface area contributed by atoms with Crippen LogP contribution in [0.4, 0.5) is 0 Å². The number of hydrogen-bond donors (Lipinski definition) is 1. The molecule has 2 unspecified atom stereocenters. The van der Waals surface area contributed by atoms with Gasteiger partial charge < -0.3 is 18.9 Å². The van der Waals surface area contributed by atoms with Gasteiger partial charge in [-0.2, -0.15) is 0 Å². The van der Waals surface area contributed by atoms with Crippen LogP contribution < -0.4 is 0 Å². The standard InChI is InChI=1S/C90H150NO8P/c1-6-8-10-12-14-16-18-20-22-24-26-28-30-32-34-36-38-40-42-44-45-47-48-50-52-54-56-58-60-62-64-66-68-70-72-74-76-78-80-82-89(92)96-86-88(87-98-100(94,95)97-85-84-91(3,4)5)99-90(93)83-81-79-77-75-73-71-69-67-65-63-61-59-57-55-53-51-49-46-43-41-39-37-35-33-31-29-27-25-23-21-19-17-15-13-11-9-7-2/h8-11,14-17,20-23,26-29,32-35,38-41,44-46,49,53,55,88H,6-7,12-13,18-19,24-25,30-31,36-37,42-43,47-48,50-52,54,56-87H2,1-5H3/p+1/b10-8-,11-9-,16-14-,17-15-,22-20-,23-21-,28-26-,29-27-,34-32-,35-33-,40-38-,41-39-,45-44-,49-46-,55-53-. The number of phosphoric ester groups is 1. The first kappa shape index (κ1) is 95.1.